The minimum absolute atomic E-state index is 0.0903. The van der Waals surface area contributed by atoms with E-state index in [4.69, 9.17) is 16.3 Å². The molecule has 3 rings (SSSR count). The van der Waals surface area contributed by atoms with Crippen LogP contribution >= 0.6 is 11.6 Å². The first kappa shape index (κ1) is 17.3. The molecule has 2 amide bonds. The van der Waals surface area contributed by atoms with Crippen LogP contribution in [0.25, 0.3) is 0 Å². The Morgan fingerprint density at radius 2 is 2.00 bits per heavy atom. The number of anilines is 2. The van der Waals surface area contributed by atoms with Gasteiger partial charge in [0, 0.05) is 23.7 Å². The minimum atomic E-state index is -0.421. The Balaban J connectivity index is 1.76. The molecule has 0 unspecified atom stereocenters. The van der Waals surface area contributed by atoms with Gasteiger partial charge in [-0.05, 0) is 36.8 Å². The molecule has 0 spiro atoms. The molecule has 0 aliphatic carbocycles. The molecule has 1 aliphatic rings. The largest absolute Gasteiger partial charge is 0.495 e. The Morgan fingerprint density at radius 1 is 1.24 bits per heavy atom. The fourth-order valence-corrected chi connectivity index (χ4v) is 3.12. The molecule has 0 radical (unpaired) electrons. The Morgan fingerprint density at radius 3 is 2.76 bits per heavy atom. The number of ether oxygens (including phenoxy) is 1. The summed E-state index contributed by atoms with van der Waals surface area (Å²) < 4.78 is 5.32. The molecule has 5 nitrogen and oxygen atoms in total. The van der Waals surface area contributed by atoms with Crippen molar-refractivity contribution in [1.82, 2.24) is 0 Å². The quantitative estimate of drug-likeness (QED) is 0.907. The zero-order valence-corrected chi connectivity index (χ0v) is 14.8. The van der Waals surface area contributed by atoms with Crippen molar-refractivity contribution in [3.63, 3.8) is 0 Å². The zero-order chi connectivity index (χ0) is 18.0. The Labute approximate surface area is 151 Å². The van der Waals surface area contributed by atoms with E-state index in [0.717, 1.165) is 5.56 Å². The third-order valence-corrected chi connectivity index (χ3v) is 4.81. The summed E-state index contributed by atoms with van der Waals surface area (Å²) >= 11 is 6.09. The van der Waals surface area contributed by atoms with Gasteiger partial charge in [-0.3, -0.25) is 9.59 Å². The van der Waals surface area contributed by atoms with Gasteiger partial charge < -0.3 is 15.0 Å². The lowest BCUT2D eigenvalue weighted by atomic mass is 10.1. The third-order valence-electron chi connectivity index (χ3n) is 4.40. The number of nitrogens with zero attached hydrogens (tertiary/aromatic N) is 1. The average molecular weight is 359 g/mol. The van der Waals surface area contributed by atoms with Gasteiger partial charge in [0.05, 0.1) is 18.7 Å². The van der Waals surface area contributed by atoms with Crippen LogP contribution in [0.1, 0.15) is 12.0 Å². The van der Waals surface area contributed by atoms with Crippen LogP contribution in [0.2, 0.25) is 5.02 Å². The van der Waals surface area contributed by atoms with Gasteiger partial charge in [0.2, 0.25) is 11.8 Å². The van der Waals surface area contributed by atoms with Crippen molar-refractivity contribution in [1.29, 1.82) is 0 Å². The molecule has 1 aliphatic heterocycles. The highest BCUT2D eigenvalue weighted by Gasteiger charge is 2.36. The summed E-state index contributed by atoms with van der Waals surface area (Å²) in [5.74, 6) is -0.0815. The highest BCUT2D eigenvalue weighted by molar-refractivity contribution is 6.31. The molecule has 130 valence electrons. The second-order valence-corrected chi connectivity index (χ2v) is 6.39. The molecule has 0 aromatic heterocycles. The molecular formula is C19H19ClN2O3. The second kappa shape index (κ2) is 7.15. The van der Waals surface area contributed by atoms with E-state index in [9.17, 15) is 9.59 Å². The molecule has 2 aromatic rings. The molecule has 1 N–H and O–H groups in total. The monoisotopic (exact) mass is 358 g/mol. The number of nitrogens with one attached hydrogen (secondary N) is 1. The van der Waals surface area contributed by atoms with Crippen LogP contribution in [0.4, 0.5) is 11.4 Å². The zero-order valence-electron chi connectivity index (χ0n) is 14.1. The third kappa shape index (κ3) is 3.46. The minimum Gasteiger partial charge on any atom is -0.495 e. The van der Waals surface area contributed by atoms with Crippen LogP contribution in [0.15, 0.2) is 42.5 Å². The number of carbonyl (C=O) groups is 2. The van der Waals surface area contributed by atoms with Gasteiger partial charge in [-0.25, -0.2) is 0 Å². The number of carbonyl (C=O) groups excluding carboxylic acids is 2. The number of amides is 2. The molecule has 0 saturated carbocycles. The van der Waals surface area contributed by atoms with Crippen molar-refractivity contribution in [2.75, 3.05) is 23.9 Å². The molecule has 0 bridgehead atoms. The highest BCUT2D eigenvalue weighted by Crippen LogP contribution is 2.33. The highest BCUT2D eigenvalue weighted by atomic mass is 35.5. The van der Waals surface area contributed by atoms with Crippen molar-refractivity contribution in [3.8, 4) is 5.75 Å². The summed E-state index contributed by atoms with van der Waals surface area (Å²) in [7, 11) is 1.56. The predicted molar refractivity (Wildman–Crippen MR) is 98.3 cm³/mol. The Hall–Kier alpha value is -2.53. The van der Waals surface area contributed by atoms with E-state index < -0.39 is 5.92 Å². The average Bonchev–Trinajstić information content (AvgIpc) is 3.00. The van der Waals surface area contributed by atoms with E-state index in [2.05, 4.69) is 5.32 Å². The van der Waals surface area contributed by atoms with Crippen molar-refractivity contribution < 1.29 is 14.3 Å². The van der Waals surface area contributed by atoms with E-state index in [0.29, 0.717) is 28.7 Å². The lowest BCUT2D eigenvalue weighted by molar-refractivity contribution is -0.122. The van der Waals surface area contributed by atoms with E-state index in [1.54, 1.807) is 36.3 Å². The predicted octanol–water partition coefficient (Wildman–Crippen LogP) is 3.65. The molecule has 1 fully saturated rings. The summed E-state index contributed by atoms with van der Waals surface area (Å²) in [6.45, 7) is 2.17. The Kier molecular flexibility index (Phi) is 4.95. The fraction of sp³-hybridized carbons (Fsp3) is 0.263. The van der Waals surface area contributed by atoms with Crippen LogP contribution in [-0.4, -0.2) is 25.5 Å². The lowest BCUT2D eigenvalue weighted by Gasteiger charge is -2.19. The van der Waals surface area contributed by atoms with E-state index in [1.165, 1.54) is 0 Å². The maximum atomic E-state index is 12.6. The molecule has 6 heteroatoms. The molecule has 1 atom stereocenters. The van der Waals surface area contributed by atoms with E-state index in [-0.39, 0.29) is 18.2 Å². The van der Waals surface area contributed by atoms with Crippen molar-refractivity contribution >= 4 is 34.8 Å². The Bertz CT molecular complexity index is 822. The lowest BCUT2D eigenvalue weighted by Crippen LogP contribution is -2.28. The maximum absolute atomic E-state index is 12.6. The van der Waals surface area contributed by atoms with Gasteiger partial charge in [0.15, 0.2) is 0 Å². The summed E-state index contributed by atoms with van der Waals surface area (Å²) in [6, 6.07) is 12.7. The number of hydrogen-bond donors (Lipinski definition) is 1. The second-order valence-electron chi connectivity index (χ2n) is 5.98. The summed E-state index contributed by atoms with van der Waals surface area (Å²) in [6.07, 6.45) is 0.170. The van der Waals surface area contributed by atoms with Crippen LogP contribution in [0, 0.1) is 12.8 Å². The summed E-state index contributed by atoms with van der Waals surface area (Å²) in [5, 5.41) is 3.47. The standard InChI is InChI=1S/C19H19ClN2O3/c1-12-14(20)6-5-7-15(12)21-19(24)13-10-18(23)22(11-13)16-8-3-4-9-17(16)25-2/h3-9,13H,10-11H2,1-2H3,(H,21,24)/t13-/m1/s1. The molecule has 2 aromatic carbocycles. The van der Waals surface area contributed by atoms with Gasteiger partial charge in [-0.2, -0.15) is 0 Å². The van der Waals surface area contributed by atoms with E-state index in [1.807, 2.05) is 25.1 Å². The number of methoxy groups -OCH3 is 1. The first-order valence-corrected chi connectivity index (χ1v) is 8.38. The van der Waals surface area contributed by atoms with Crippen molar-refractivity contribution in [2.45, 2.75) is 13.3 Å². The van der Waals surface area contributed by atoms with Crippen molar-refractivity contribution in [2.24, 2.45) is 5.92 Å². The van der Waals surface area contributed by atoms with Crippen LogP contribution in [0.5, 0.6) is 5.75 Å². The molecule has 1 saturated heterocycles. The van der Waals surface area contributed by atoms with Gasteiger partial charge in [0.25, 0.3) is 0 Å². The maximum Gasteiger partial charge on any atom is 0.229 e. The van der Waals surface area contributed by atoms with E-state index >= 15 is 0 Å². The van der Waals surface area contributed by atoms with Crippen LogP contribution < -0.4 is 15.0 Å². The summed E-state index contributed by atoms with van der Waals surface area (Å²) in [4.78, 5) is 26.6. The van der Waals surface area contributed by atoms with Gasteiger partial charge in [-0.15, -0.1) is 0 Å². The number of benzene rings is 2. The number of halogens is 1. The fourth-order valence-electron chi connectivity index (χ4n) is 2.95. The summed E-state index contributed by atoms with van der Waals surface area (Å²) in [5.41, 5.74) is 2.16. The topological polar surface area (TPSA) is 58.6 Å². The van der Waals surface area contributed by atoms with Crippen molar-refractivity contribution in [3.05, 3.63) is 53.1 Å². The number of hydrogen-bond acceptors (Lipinski definition) is 3. The number of rotatable bonds is 4. The van der Waals surface area contributed by atoms with Gasteiger partial charge in [0.1, 0.15) is 5.75 Å². The first-order chi connectivity index (χ1) is 12.0. The first-order valence-electron chi connectivity index (χ1n) is 8.00. The van der Waals surface area contributed by atoms with Crippen LogP contribution in [-0.2, 0) is 9.59 Å². The molecule has 25 heavy (non-hydrogen) atoms. The molecule has 1 heterocycles. The molecular weight excluding hydrogens is 340 g/mol. The van der Waals surface area contributed by atoms with Crippen LogP contribution in [0.3, 0.4) is 0 Å². The SMILES string of the molecule is COc1ccccc1N1C[C@H](C(=O)Nc2cccc(Cl)c2C)CC1=O. The normalized spacial score (nSPS) is 16.8. The van der Waals surface area contributed by atoms with Gasteiger partial charge in [-0.1, -0.05) is 29.8 Å². The number of para-hydroxylation sites is 2. The van der Waals surface area contributed by atoms with Gasteiger partial charge >= 0.3 is 0 Å². The smallest absolute Gasteiger partial charge is 0.229 e.